The summed E-state index contributed by atoms with van der Waals surface area (Å²) >= 11 is 0. The number of non-ortho nitro benzene ring substituents is 1. The highest BCUT2D eigenvalue weighted by Gasteiger charge is 2.11. The molecule has 1 unspecified atom stereocenters. The van der Waals surface area contributed by atoms with E-state index in [9.17, 15) is 14.3 Å². The molecule has 2 aromatic carbocycles. The van der Waals surface area contributed by atoms with E-state index in [-0.39, 0.29) is 5.69 Å². The molecule has 0 aliphatic heterocycles. The van der Waals surface area contributed by atoms with Gasteiger partial charge in [0.05, 0.1) is 28.6 Å². The van der Waals surface area contributed by atoms with Crippen molar-refractivity contribution in [3.63, 3.8) is 0 Å². The van der Waals surface area contributed by atoms with E-state index in [2.05, 4.69) is 0 Å². The molecule has 0 spiro atoms. The average molecular weight is 331 g/mol. The van der Waals surface area contributed by atoms with Crippen molar-refractivity contribution in [2.75, 3.05) is 12.9 Å². The number of rotatable bonds is 6. The van der Waals surface area contributed by atoms with Gasteiger partial charge in [0.25, 0.3) is 5.69 Å². The minimum atomic E-state index is -1.26. The molecule has 0 N–H and O–H groups in total. The fourth-order valence-electron chi connectivity index (χ4n) is 2.08. The summed E-state index contributed by atoms with van der Waals surface area (Å²) in [6, 6.07) is 13.4. The van der Waals surface area contributed by atoms with Gasteiger partial charge < -0.3 is 4.74 Å². The van der Waals surface area contributed by atoms with Gasteiger partial charge in [-0.2, -0.15) is 0 Å². The minimum absolute atomic E-state index is 0.00726. The van der Waals surface area contributed by atoms with Crippen molar-refractivity contribution in [1.82, 2.24) is 0 Å². The zero-order chi connectivity index (χ0) is 16.8. The maximum Gasteiger partial charge on any atom is 0.269 e. The SMILES string of the molecule is C/C=C(\CS(=O)c1ccc([N+](=O)[O-])cc1)c1ccc(OC)cc1. The molecule has 2 aromatic rings. The first-order valence-corrected chi connectivity index (χ1v) is 8.29. The second kappa shape index (κ2) is 7.69. The summed E-state index contributed by atoms with van der Waals surface area (Å²) in [5, 5.41) is 10.7. The lowest BCUT2D eigenvalue weighted by molar-refractivity contribution is -0.384. The van der Waals surface area contributed by atoms with Gasteiger partial charge in [-0.15, -0.1) is 0 Å². The first-order chi connectivity index (χ1) is 11.0. The van der Waals surface area contributed by atoms with Crippen LogP contribution < -0.4 is 4.74 Å². The Labute approximate surface area is 137 Å². The first kappa shape index (κ1) is 16.9. The molecule has 2 rings (SSSR count). The molecule has 0 saturated carbocycles. The van der Waals surface area contributed by atoms with Gasteiger partial charge >= 0.3 is 0 Å². The molecule has 5 nitrogen and oxygen atoms in total. The molecule has 0 amide bonds. The summed E-state index contributed by atoms with van der Waals surface area (Å²) in [7, 11) is 0.342. The van der Waals surface area contributed by atoms with E-state index in [1.165, 1.54) is 24.3 Å². The Bertz CT molecular complexity index is 736. The van der Waals surface area contributed by atoms with Crippen molar-refractivity contribution in [2.24, 2.45) is 0 Å². The van der Waals surface area contributed by atoms with Crippen molar-refractivity contribution in [3.05, 3.63) is 70.3 Å². The summed E-state index contributed by atoms with van der Waals surface area (Å²) in [6.07, 6.45) is 1.92. The van der Waals surface area contributed by atoms with Crippen LogP contribution in [0.1, 0.15) is 12.5 Å². The third-order valence-corrected chi connectivity index (χ3v) is 4.78. The standard InChI is InChI=1S/C17H17NO4S/c1-3-13(14-4-8-16(22-2)9-5-14)12-23(21)17-10-6-15(7-11-17)18(19)20/h3-11H,12H2,1-2H3/b13-3+. The minimum Gasteiger partial charge on any atom is -0.497 e. The van der Waals surface area contributed by atoms with E-state index < -0.39 is 15.7 Å². The van der Waals surface area contributed by atoms with E-state index in [0.717, 1.165) is 16.9 Å². The number of nitro groups is 1. The Balaban J connectivity index is 2.14. The van der Waals surface area contributed by atoms with Gasteiger partial charge in [-0.3, -0.25) is 14.3 Å². The predicted molar refractivity (Wildman–Crippen MR) is 91.0 cm³/mol. The maximum absolute atomic E-state index is 12.5. The van der Waals surface area contributed by atoms with Crippen LogP contribution in [0.4, 0.5) is 5.69 Å². The second-order valence-electron chi connectivity index (χ2n) is 4.78. The fraction of sp³-hybridized carbons (Fsp3) is 0.176. The summed E-state index contributed by atoms with van der Waals surface area (Å²) in [4.78, 5) is 10.8. The van der Waals surface area contributed by atoms with Crippen LogP contribution in [0.15, 0.2) is 59.5 Å². The molecule has 1 atom stereocenters. The summed E-state index contributed by atoms with van der Waals surface area (Å²) in [5.74, 6) is 1.11. The van der Waals surface area contributed by atoms with Crippen molar-refractivity contribution < 1.29 is 13.9 Å². The monoisotopic (exact) mass is 331 g/mol. The van der Waals surface area contributed by atoms with Crippen molar-refractivity contribution >= 4 is 22.1 Å². The molecule has 0 radical (unpaired) electrons. The predicted octanol–water partition coefficient (Wildman–Crippen LogP) is 3.81. The van der Waals surface area contributed by atoms with Crippen LogP contribution in [0.5, 0.6) is 5.75 Å². The molecule has 120 valence electrons. The third-order valence-electron chi connectivity index (χ3n) is 3.41. The number of allylic oxidation sites excluding steroid dienone is 1. The normalized spacial score (nSPS) is 12.7. The van der Waals surface area contributed by atoms with Crippen LogP contribution >= 0.6 is 0 Å². The smallest absolute Gasteiger partial charge is 0.269 e. The highest BCUT2D eigenvalue weighted by Crippen LogP contribution is 2.22. The Kier molecular flexibility index (Phi) is 5.65. The Hall–Kier alpha value is -2.47. The number of hydrogen-bond donors (Lipinski definition) is 0. The molecule has 23 heavy (non-hydrogen) atoms. The molecular weight excluding hydrogens is 314 g/mol. The Morgan fingerprint density at radius 2 is 1.78 bits per heavy atom. The van der Waals surface area contributed by atoms with Crippen LogP contribution in [0.2, 0.25) is 0 Å². The van der Waals surface area contributed by atoms with E-state index in [1.54, 1.807) is 7.11 Å². The number of nitrogens with zero attached hydrogens (tertiary/aromatic N) is 1. The van der Waals surface area contributed by atoms with Gasteiger partial charge in [0.1, 0.15) is 5.75 Å². The zero-order valence-electron chi connectivity index (χ0n) is 12.9. The third kappa shape index (κ3) is 4.26. The number of benzene rings is 2. The lowest BCUT2D eigenvalue weighted by atomic mass is 10.1. The highest BCUT2D eigenvalue weighted by atomic mass is 32.2. The lowest BCUT2D eigenvalue weighted by Gasteiger charge is -2.09. The maximum atomic E-state index is 12.5. The van der Waals surface area contributed by atoms with E-state index in [4.69, 9.17) is 4.74 Å². The Morgan fingerprint density at radius 1 is 1.17 bits per heavy atom. The second-order valence-corrected chi connectivity index (χ2v) is 6.23. The van der Waals surface area contributed by atoms with Crippen molar-refractivity contribution in [3.8, 4) is 5.75 Å². The van der Waals surface area contributed by atoms with Crippen LogP contribution in [0.25, 0.3) is 5.57 Å². The van der Waals surface area contributed by atoms with Gasteiger partial charge in [0.15, 0.2) is 0 Å². The summed E-state index contributed by atoms with van der Waals surface area (Å²) < 4.78 is 17.6. The fourth-order valence-corrected chi connectivity index (χ4v) is 3.30. The molecular formula is C17H17NO4S. The van der Waals surface area contributed by atoms with E-state index in [1.807, 2.05) is 37.3 Å². The summed E-state index contributed by atoms with van der Waals surface area (Å²) in [5.41, 5.74) is 1.92. The number of nitro benzene ring substituents is 1. The molecule has 0 heterocycles. The Morgan fingerprint density at radius 3 is 2.26 bits per heavy atom. The molecule has 0 bridgehead atoms. The molecule has 0 saturated heterocycles. The van der Waals surface area contributed by atoms with Gasteiger partial charge in [-0.05, 0) is 42.3 Å². The number of hydrogen-bond acceptors (Lipinski definition) is 4. The van der Waals surface area contributed by atoms with E-state index in [0.29, 0.717) is 10.6 Å². The molecule has 6 heteroatoms. The van der Waals surface area contributed by atoms with E-state index >= 15 is 0 Å². The van der Waals surface area contributed by atoms with Crippen molar-refractivity contribution in [1.29, 1.82) is 0 Å². The first-order valence-electron chi connectivity index (χ1n) is 6.97. The molecule has 0 aliphatic carbocycles. The molecule has 0 aromatic heterocycles. The van der Waals surface area contributed by atoms with Crippen molar-refractivity contribution in [2.45, 2.75) is 11.8 Å². The van der Waals surface area contributed by atoms with Crippen LogP contribution in [-0.4, -0.2) is 22.0 Å². The van der Waals surface area contributed by atoms with Gasteiger partial charge in [-0.25, -0.2) is 0 Å². The van der Waals surface area contributed by atoms with Crippen LogP contribution in [0.3, 0.4) is 0 Å². The number of ether oxygens (including phenoxy) is 1. The lowest BCUT2D eigenvalue weighted by Crippen LogP contribution is -2.01. The summed E-state index contributed by atoms with van der Waals surface area (Å²) in [6.45, 7) is 1.90. The quantitative estimate of drug-likeness (QED) is 0.596. The molecule has 0 aliphatic rings. The van der Waals surface area contributed by atoms with Crippen LogP contribution in [0, 0.1) is 10.1 Å². The van der Waals surface area contributed by atoms with Gasteiger partial charge in [-0.1, -0.05) is 18.2 Å². The largest absolute Gasteiger partial charge is 0.497 e. The van der Waals surface area contributed by atoms with Gasteiger partial charge in [0.2, 0.25) is 0 Å². The van der Waals surface area contributed by atoms with Crippen LogP contribution in [-0.2, 0) is 10.8 Å². The highest BCUT2D eigenvalue weighted by molar-refractivity contribution is 7.85. The zero-order valence-corrected chi connectivity index (χ0v) is 13.7. The average Bonchev–Trinajstić information content (AvgIpc) is 2.59. The molecule has 0 fully saturated rings. The van der Waals surface area contributed by atoms with Gasteiger partial charge in [0, 0.05) is 17.0 Å². The number of methoxy groups -OCH3 is 1. The topological polar surface area (TPSA) is 69.4 Å².